The van der Waals surface area contributed by atoms with Gasteiger partial charge < -0.3 is 9.72 Å². The summed E-state index contributed by atoms with van der Waals surface area (Å²) in [6, 6.07) is 13.4. The molecule has 38 heavy (non-hydrogen) atoms. The van der Waals surface area contributed by atoms with Crippen LogP contribution in [0.5, 0.6) is 11.6 Å². The molecule has 0 bridgehead atoms. The lowest BCUT2D eigenvalue weighted by Gasteiger charge is -2.18. The minimum absolute atomic E-state index is 0.00649. The molecule has 0 saturated carbocycles. The lowest BCUT2D eigenvalue weighted by molar-refractivity contribution is -0.138. The van der Waals surface area contributed by atoms with Crippen LogP contribution in [-0.4, -0.2) is 15.0 Å². The van der Waals surface area contributed by atoms with Crippen LogP contribution in [0.3, 0.4) is 0 Å². The number of benzene rings is 2. The van der Waals surface area contributed by atoms with Crippen molar-refractivity contribution in [2.75, 3.05) is 0 Å². The van der Waals surface area contributed by atoms with Crippen molar-refractivity contribution >= 4 is 10.9 Å². The van der Waals surface area contributed by atoms with Gasteiger partial charge in [-0.3, -0.25) is 9.78 Å². The van der Waals surface area contributed by atoms with Crippen molar-refractivity contribution in [2.24, 2.45) is 0 Å². The maximum absolute atomic E-state index is 14.1. The van der Waals surface area contributed by atoms with Crippen LogP contribution in [-0.2, 0) is 6.18 Å². The van der Waals surface area contributed by atoms with Gasteiger partial charge in [-0.2, -0.15) is 13.2 Å². The van der Waals surface area contributed by atoms with Crippen molar-refractivity contribution in [3.05, 3.63) is 106 Å². The maximum atomic E-state index is 14.1. The van der Waals surface area contributed by atoms with Gasteiger partial charge in [0.05, 0.1) is 33.4 Å². The highest BCUT2D eigenvalue weighted by Crippen LogP contribution is 2.41. The Balaban J connectivity index is 1.75. The van der Waals surface area contributed by atoms with Crippen molar-refractivity contribution in [2.45, 2.75) is 20.0 Å². The molecule has 2 aromatic carbocycles. The first-order chi connectivity index (χ1) is 18.1. The zero-order chi connectivity index (χ0) is 27.2. The van der Waals surface area contributed by atoms with Crippen LogP contribution < -0.4 is 10.2 Å². The van der Waals surface area contributed by atoms with E-state index in [1.165, 1.54) is 13.8 Å². The molecule has 0 atom stereocenters. The number of alkyl halides is 3. The molecule has 0 aliphatic heterocycles. The van der Waals surface area contributed by atoms with Gasteiger partial charge in [-0.1, -0.05) is 18.2 Å². The standard InChI is InChI=1S/C28H18F5N3O2/c1-14-17(28(31,32)33)13-35-27(38-23-10-9-18(29)26(30)15(23)2)24(14)21-12-22(37)25-16(6-5-8-20(25)36-21)19-7-3-4-11-34-19/h3-13H,1-2H3,(H,36,37). The van der Waals surface area contributed by atoms with E-state index in [1.54, 1.807) is 42.6 Å². The number of aromatic amines is 1. The van der Waals surface area contributed by atoms with Crippen LogP contribution in [0.1, 0.15) is 16.7 Å². The van der Waals surface area contributed by atoms with Gasteiger partial charge in [0, 0.05) is 29.6 Å². The highest BCUT2D eigenvalue weighted by Gasteiger charge is 2.35. The second-order valence-electron chi connectivity index (χ2n) is 8.55. The third-order valence-electron chi connectivity index (χ3n) is 6.17. The molecular formula is C28H18F5N3O2. The van der Waals surface area contributed by atoms with Gasteiger partial charge in [-0.05, 0) is 49.7 Å². The number of hydrogen-bond donors (Lipinski definition) is 1. The van der Waals surface area contributed by atoms with Gasteiger partial charge in [-0.15, -0.1) is 0 Å². The fraction of sp³-hybridized carbons (Fsp3) is 0.107. The largest absolute Gasteiger partial charge is 0.438 e. The Morgan fingerprint density at radius 1 is 0.921 bits per heavy atom. The topological polar surface area (TPSA) is 67.9 Å². The summed E-state index contributed by atoms with van der Waals surface area (Å²) in [5, 5.41) is 0.298. The molecule has 0 saturated heterocycles. The van der Waals surface area contributed by atoms with E-state index in [9.17, 15) is 26.7 Å². The van der Waals surface area contributed by atoms with E-state index in [-0.39, 0.29) is 34.0 Å². The summed E-state index contributed by atoms with van der Waals surface area (Å²) in [5.74, 6) is -2.72. The van der Waals surface area contributed by atoms with Gasteiger partial charge in [0.1, 0.15) is 5.75 Å². The summed E-state index contributed by atoms with van der Waals surface area (Å²) in [6.07, 6.45) is -2.56. The average Bonchev–Trinajstić information content (AvgIpc) is 2.88. The number of halogens is 5. The number of hydrogen-bond acceptors (Lipinski definition) is 4. The molecule has 0 unspecified atom stereocenters. The number of aromatic nitrogens is 3. The Labute approximate surface area is 212 Å². The highest BCUT2D eigenvalue weighted by atomic mass is 19.4. The summed E-state index contributed by atoms with van der Waals surface area (Å²) in [7, 11) is 0. The molecule has 0 spiro atoms. The Bertz CT molecular complexity index is 1750. The van der Waals surface area contributed by atoms with Crippen molar-refractivity contribution < 1.29 is 26.7 Å². The monoisotopic (exact) mass is 523 g/mol. The molecular weight excluding hydrogens is 505 g/mol. The predicted molar refractivity (Wildman–Crippen MR) is 132 cm³/mol. The molecule has 5 aromatic rings. The van der Waals surface area contributed by atoms with Crippen LogP contribution in [0.2, 0.25) is 0 Å². The zero-order valence-corrected chi connectivity index (χ0v) is 20.0. The fourth-order valence-electron chi connectivity index (χ4n) is 4.29. The third-order valence-corrected chi connectivity index (χ3v) is 6.17. The molecule has 0 radical (unpaired) electrons. The van der Waals surface area contributed by atoms with E-state index >= 15 is 0 Å². The molecule has 1 N–H and O–H groups in total. The quantitative estimate of drug-likeness (QED) is 0.250. The van der Waals surface area contributed by atoms with Crippen molar-refractivity contribution in [1.29, 1.82) is 0 Å². The summed E-state index contributed by atoms with van der Waals surface area (Å²) >= 11 is 0. The molecule has 0 fully saturated rings. The zero-order valence-electron chi connectivity index (χ0n) is 20.0. The van der Waals surface area contributed by atoms with E-state index in [4.69, 9.17) is 4.74 Å². The molecule has 0 aliphatic rings. The van der Waals surface area contributed by atoms with Gasteiger partial charge in [0.2, 0.25) is 5.88 Å². The van der Waals surface area contributed by atoms with Crippen LogP contribution in [0.25, 0.3) is 33.4 Å². The van der Waals surface area contributed by atoms with Crippen molar-refractivity contribution in [3.8, 4) is 34.1 Å². The second-order valence-corrected chi connectivity index (χ2v) is 8.55. The third kappa shape index (κ3) is 4.38. The lowest BCUT2D eigenvalue weighted by Crippen LogP contribution is -2.12. The molecule has 0 amide bonds. The lowest BCUT2D eigenvalue weighted by atomic mass is 9.99. The molecule has 10 heteroatoms. The van der Waals surface area contributed by atoms with E-state index in [1.807, 2.05) is 0 Å². The van der Waals surface area contributed by atoms with Crippen LogP contribution in [0.15, 0.2) is 71.8 Å². The first-order valence-corrected chi connectivity index (χ1v) is 11.3. The SMILES string of the molecule is Cc1c(Oc2ncc(C(F)(F)F)c(C)c2-c2cc(=O)c3c(-c4ccccn4)cccc3[nH]2)ccc(F)c1F. The summed E-state index contributed by atoms with van der Waals surface area (Å²) < 4.78 is 74.8. The van der Waals surface area contributed by atoms with Gasteiger partial charge >= 0.3 is 6.18 Å². The van der Waals surface area contributed by atoms with Gasteiger partial charge in [0.15, 0.2) is 17.1 Å². The number of nitrogens with one attached hydrogen (secondary N) is 1. The van der Waals surface area contributed by atoms with Crippen LogP contribution in [0, 0.1) is 25.5 Å². The molecule has 192 valence electrons. The summed E-state index contributed by atoms with van der Waals surface area (Å²) in [6.45, 7) is 2.49. The summed E-state index contributed by atoms with van der Waals surface area (Å²) in [4.78, 5) is 24.5. The maximum Gasteiger partial charge on any atom is 0.418 e. The van der Waals surface area contributed by atoms with E-state index in [0.717, 1.165) is 18.2 Å². The first kappa shape index (κ1) is 25.1. The van der Waals surface area contributed by atoms with E-state index in [2.05, 4.69) is 15.0 Å². The summed E-state index contributed by atoms with van der Waals surface area (Å²) in [5.41, 5.74) is -0.664. The Hall–Kier alpha value is -4.60. The molecule has 3 heterocycles. The minimum atomic E-state index is -4.74. The average molecular weight is 523 g/mol. The molecule has 3 aromatic heterocycles. The van der Waals surface area contributed by atoms with E-state index in [0.29, 0.717) is 28.4 Å². The molecule has 0 aliphatic carbocycles. The fourth-order valence-corrected chi connectivity index (χ4v) is 4.29. The number of nitrogens with zero attached hydrogens (tertiary/aromatic N) is 2. The smallest absolute Gasteiger partial charge is 0.418 e. The first-order valence-electron chi connectivity index (χ1n) is 11.3. The second kappa shape index (κ2) is 9.37. The van der Waals surface area contributed by atoms with Gasteiger partial charge in [0.25, 0.3) is 0 Å². The number of ether oxygens (including phenoxy) is 1. The molecule has 5 nitrogen and oxygen atoms in total. The number of H-pyrrole nitrogens is 1. The number of rotatable bonds is 4. The van der Waals surface area contributed by atoms with E-state index < -0.39 is 28.8 Å². The van der Waals surface area contributed by atoms with Crippen molar-refractivity contribution in [1.82, 2.24) is 15.0 Å². The number of pyridine rings is 3. The Morgan fingerprint density at radius 2 is 1.71 bits per heavy atom. The normalized spacial score (nSPS) is 11.7. The van der Waals surface area contributed by atoms with Crippen LogP contribution in [0.4, 0.5) is 22.0 Å². The Morgan fingerprint density at radius 3 is 2.42 bits per heavy atom. The highest BCUT2D eigenvalue weighted by molar-refractivity contribution is 5.95. The Kier molecular flexibility index (Phi) is 6.18. The van der Waals surface area contributed by atoms with Gasteiger partial charge in [-0.25, -0.2) is 13.8 Å². The number of fused-ring (bicyclic) bond motifs is 1. The van der Waals surface area contributed by atoms with Crippen molar-refractivity contribution in [3.63, 3.8) is 0 Å². The predicted octanol–water partition coefficient (Wildman–Crippen LogP) is 7.36. The molecule has 5 rings (SSSR count). The minimum Gasteiger partial charge on any atom is -0.438 e. The van der Waals surface area contributed by atoms with Crippen LogP contribution >= 0.6 is 0 Å².